The van der Waals surface area contributed by atoms with Gasteiger partial charge in [0.15, 0.2) is 0 Å². The van der Waals surface area contributed by atoms with E-state index in [0.717, 1.165) is 57.5 Å². The predicted octanol–water partition coefficient (Wildman–Crippen LogP) is 3.67. The van der Waals surface area contributed by atoms with Crippen LogP contribution < -0.4 is 5.32 Å². The Hall–Kier alpha value is -4.01. The standard InChI is InChI=1S/C30H30FN5O3/c1-34-15-23(14-32-34)19-5-8-25-21(12-19)10-11-30(25)28(38)36(29(39)33-30)17-27(37)35-16-22-4-7-24(31)13-20(22)6-9-26(35)18-2-3-18/h4-5,7-8,12-15,18,26H,2-3,6,9-11,16-17H2,1H3,(H,33,39)/t26-,30?/m1/s1. The second kappa shape index (κ2) is 8.76. The molecule has 3 heterocycles. The third-order valence-electron chi connectivity index (χ3n) is 8.95. The van der Waals surface area contributed by atoms with Gasteiger partial charge in [-0.15, -0.1) is 0 Å². The molecule has 1 spiro atoms. The van der Waals surface area contributed by atoms with Gasteiger partial charge in [-0.1, -0.05) is 24.3 Å². The molecule has 2 aliphatic heterocycles. The zero-order chi connectivity index (χ0) is 26.9. The maximum atomic E-state index is 13.9. The summed E-state index contributed by atoms with van der Waals surface area (Å²) < 4.78 is 15.6. The number of hydrogen-bond acceptors (Lipinski definition) is 4. The summed E-state index contributed by atoms with van der Waals surface area (Å²) in [6, 6.07) is 10.2. The van der Waals surface area contributed by atoms with Gasteiger partial charge >= 0.3 is 6.03 Å². The number of hydrogen-bond donors (Lipinski definition) is 1. The SMILES string of the molecule is Cn1cc(-c2ccc3c(c2)CCC32NC(=O)N(CC(=O)N3Cc4ccc(F)cc4CC[C@@H]3C3CC3)C2=O)cn1. The van der Waals surface area contributed by atoms with E-state index >= 15 is 0 Å². The van der Waals surface area contributed by atoms with E-state index in [1.54, 1.807) is 23.0 Å². The number of aromatic nitrogens is 2. The van der Waals surface area contributed by atoms with Crippen molar-refractivity contribution >= 4 is 17.8 Å². The normalized spacial score (nSPS) is 24.1. The summed E-state index contributed by atoms with van der Waals surface area (Å²) in [5.41, 5.74) is 4.53. The molecule has 2 aliphatic carbocycles. The highest BCUT2D eigenvalue weighted by atomic mass is 19.1. The fraction of sp³-hybridized carbons (Fsp3) is 0.400. The van der Waals surface area contributed by atoms with E-state index in [0.29, 0.717) is 31.7 Å². The van der Waals surface area contributed by atoms with E-state index in [4.69, 9.17) is 0 Å². The first-order chi connectivity index (χ1) is 18.8. The molecule has 1 unspecified atom stereocenters. The fourth-order valence-corrected chi connectivity index (χ4v) is 6.76. The minimum atomic E-state index is -1.14. The molecule has 0 bridgehead atoms. The molecule has 4 amide bonds. The Labute approximate surface area is 225 Å². The monoisotopic (exact) mass is 527 g/mol. The maximum absolute atomic E-state index is 13.9. The Morgan fingerprint density at radius 3 is 2.67 bits per heavy atom. The van der Waals surface area contributed by atoms with Gasteiger partial charge < -0.3 is 10.2 Å². The number of fused-ring (bicyclic) bond motifs is 3. The molecule has 3 aromatic rings. The second-order valence-electron chi connectivity index (χ2n) is 11.4. The molecule has 200 valence electrons. The number of rotatable bonds is 4. The lowest BCUT2D eigenvalue weighted by atomic mass is 9.90. The molecule has 39 heavy (non-hydrogen) atoms. The van der Waals surface area contributed by atoms with E-state index < -0.39 is 11.6 Å². The predicted molar refractivity (Wildman–Crippen MR) is 141 cm³/mol. The van der Waals surface area contributed by atoms with Crippen LogP contribution in [0.25, 0.3) is 11.1 Å². The van der Waals surface area contributed by atoms with Crippen molar-refractivity contribution in [2.24, 2.45) is 13.0 Å². The van der Waals surface area contributed by atoms with Gasteiger partial charge in [0.1, 0.15) is 17.9 Å². The van der Waals surface area contributed by atoms with Crippen molar-refractivity contribution < 1.29 is 18.8 Å². The number of urea groups is 1. The van der Waals surface area contributed by atoms with Crippen LogP contribution in [0.15, 0.2) is 48.8 Å². The number of nitrogens with zero attached hydrogens (tertiary/aromatic N) is 4. The van der Waals surface area contributed by atoms with Crippen LogP contribution in [0.1, 0.15) is 47.9 Å². The van der Waals surface area contributed by atoms with Crippen molar-refractivity contribution in [3.05, 3.63) is 76.9 Å². The molecule has 8 nitrogen and oxygen atoms in total. The highest BCUT2D eigenvalue weighted by Crippen LogP contribution is 2.43. The lowest BCUT2D eigenvalue weighted by Crippen LogP contribution is -2.48. The summed E-state index contributed by atoms with van der Waals surface area (Å²) in [6.45, 7) is 0.0691. The summed E-state index contributed by atoms with van der Waals surface area (Å²) in [5.74, 6) is -0.465. The van der Waals surface area contributed by atoms with Crippen LogP contribution in [0.5, 0.6) is 0 Å². The van der Waals surface area contributed by atoms with E-state index in [-0.39, 0.29) is 30.2 Å². The van der Waals surface area contributed by atoms with Crippen LogP contribution in [0, 0.1) is 11.7 Å². The van der Waals surface area contributed by atoms with E-state index in [1.165, 1.54) is 6.07 Å². The number of nitrogens with one attached hydrogen (secondary N) is 1. The smallest absolute Gasteiger partial charge is 0.325 e. The van der Waals surface area contributed by atoms with E-state index in [2.05, 4.69) is 16.5 Å². The van der Waals surface area contributed by atoms with Gasteiger partial charge in [0.05, 0.1) is 6.20 Å². The average molecular weight is 528 g/mol. The molecule has 2 atom stereocenters. The second-order valence-corrected chi connectivity index (χ2v) is 11.4. The minimum absolute atomic E-state index is 0.0285. The van der Waals surface area contributed by atoms with Gasteiger partial charge in [0.25, 0.3) is 5.91 Å². The number of amides is 4. The summed E-state index contributed by atoms with van der Waals surface area (Å²) in [5, 5.41) is 7.19. The van der Waals surface area contributed by atoms with Gasteiger partial charge in [-0.3, -0.25) is 19.2 Å². The number of halogens is 1. The van der Waals surface area contributed by atoms with Gasteiger partial charge in [-0.2, -0.15) is 5.10 Å². The van der Waals surface area contributed by atoms with Gasteiger partial charge in [0, 0.05) is 31.4 Å². The molecular weight excluding hydrogens is 497 g/mol. The summed E-state index contributed by atoms with van der Waals surface area (Å²) in [7, 11) is 1.87. The zero-order valence-corrected chi connectivity index (χ0v) is 21.8. The first kappa shape index (κ1) is 24.1. The largest absolute Gasteiger partial charge is 0.334 e. The highest BCUT2D eigenvalue weighted by Gasteiger charge is 2.56. The van der Waals surface area contributed by atoms with Gasteiger partial charge in [-0.25, -0.2) is 9.18 Å². The number of carbonyl (C=O) groups excluding carboxylic acids is 3. The number of carbonyl (C=O) groups is 3. The molecule has 1 saturated heterocycles. The fourth-order valence-electron chi connectivity index (χ4n) is 6.76. The van der Waals surface area contributed by atoms with Crippen LogP contribution in [-0.2, 0) is 41.6 Å². The van der Waals surface area contributed by atoms with Crippen molar-refractivity contribution in [2.45, 2.75) is 56.7 Å². The maximum Gasteiger partial charge on any atom is 0.325 e. The Morgan fingerprint density at radius 1 is 1.05 bits per heavy atom. The average Bonchev–Trinajstić information content (AvgIpc) is 3.55. The Bertz CT molecular complexity index is 1530. The Balaban J connectivity index is 1.14. The lowest BCUT2D eigenvalue weighted by molar-refractivity contribution is -0.141. The number of imide groups is 1. The number of aryl methyl sites for hydroxylation is 3. The molecule has 1 saturated carbocycles. The van der Waals surface area contributed by atoms with E-state index in [9.17, 15) is 18.8 Å². The van der Waals surface area contributed by atoms with Crippen molar-refractivity contribution in [1.29, 1.82) is 0 Å². The first-order valence-electron chi connectivity index (χ1n) is 13.7. The lowest BCUT2D eigenvalue weighted by Gasteiger charge is -2.31. The van der Waals surface area contributed by atoms with Crippen molar-refractivity contribution in [3.63, 3.8) is 0 Å². The molecular formula is C30H30FN5O3. The van der Waals surface area contributed by atoms with E-state index in [1.807, 2.05) is 30.3 Å². The summed E-state index contributed by atoms with van der Waals surface area (Å²) >= 11 is 0. The quantitative estimate of drug-likeness (QED) is 0.525. The van der Waals surface area contributed by atoms with Crippen LogP contribution in [-0.4, -0.2) is 50.0 Å². The third kappa shape index (κ3) is 3.94. The third-order valence-corrected chi connectivity index (χ3v) is 8.95. The van der Waals surface area contributed by atoms with Gasteiger partial charge in [-0.05, 0) is 84.4 Å². The minimum Gasteiger partial charge on any atom is -0.334 e. The van der Waals surface area contributed by atoms with Crippen LogP contribution in [0.4, 0.5) is 9.18 Å². The summed E-state index contributed by atoms with van der Waals surface area (Å²) in [6.07, 6.45) is 8.43. The Morgan fingerprint density at radius 2 is 1.90 bits per heavy atom. The molecule has 1 N–H and O–H groups in total. The van der Waals surface area contributed by atoms with Crippen molar-refractivity contribution in [2.75, 3.05) is 6.54 Å². The molecule has 0 radical (unpaired) electrons. The first-order valence-corrected chi connectivity index (χ1v) is 13.7. The Kier molecular flexibility index (Phi) is 5.40. The molecule has 1 aromatic heterocycles. The molecule has 4 aliphatic rings. The van der Waals surface area contributed by atoms with Gasteiger partial charge in [0.2, 0.25) is 5.91 Å². The van der Waals surface area contributed by atoms with Crippen LogP contribution in [0.2, 0.25) is 0 Å². The van der Waals surface area contributed by atoms with Crippen LogP contribution >= 0.6 is 0 Å². The number of benzene rings is 2. The van der Waals surface area contributed by atoms with Crippen molar-refractivity contribution in [1.82, 2.24) is 24.9 Å². The topological polar surface area (TPSA) is 87.5 Å². The zero-order valence-electron chi connectivity index (χ0n) is 21.8. The van der Waals surface area contributed by atoms with Crippen LogP contribution in [0.3, 0.4) is 0 Å². The highest BCUT2D eigenvalue weighted by molar-refractivity contribution is 6.10. The van der Waals surface area contributed by atoms with Crippen molar-refractivity contribution in [3.8, 4) is 11.1 Å². The molecule has 7 rings (SSSR count). The molecule has 2 fully saturated rings. The molecule has 9 heteroatoms. The molecule has 2 aromatic carbocycles. The summed E-state index contributed by atoms with van der Waals surface area (Å²) in [4.78, 5) is 43.7.